The predicted octanol–water partition coefficient (Wildman–Crippen LogP) is 3.72. The van der Waals surface area contributed by atoms with Gasteiger partial charge in [-0.3, -0.25) is 4.79 Å². The molecule has 2 unspecified atom stereocenters. The number of nitrogens with zero attached hydrogens (tertiary/aromatic N) is 3. The van der Waals surface area contributed by atoms with E-state index in [1.165, 1.54) is 6.07 Å². The van der Waals surface area contributed by atoms with Crippen LogP contribution in [-0.2, 0) is 0 Å². The first-order valence-corrected chi connectivity index (χ1v) is 9.94. The van der Waals surface area contributed by atoms with Gasteiger partial charge in [0.05, 0.1) is 0 Å². The summed E-state index contributed by atoms with van der Waals surface area (Å²) in [6.07, 6.45) is 3.57. The molecule has 0 aromatic carbocycles. The Bertz CT molecular complexity index is 859. The molecule has 0 spiro atoms. The van der Waals surface area contributed by atoms with Gasteiger partial charge in [-0.15, -0.1) is 0 Å². The van der Waals surface area contributed by atoms with Crippen molar-refractivity contribution in [2.24, 2.45) is 11.8 Å². The predicted molar refractivity (Wildman–Crippen MR) is 105 cm³/mol. The van der Waals surface area contributed by atoms with Crippen LogP contribution in [0.5, 0.6) is 0 Å². The molecule has 1 N–H and O–H groups in total. The Labute approximate surface area is 166 Å². The second kappa shape index (κ2) is 6.86. The molecule has 1 saturated heterocycles. The molecule has 1 amide bonds. The number of hydrogen-bond donors (Lipinski definition) is 1. The van der Waals surface area contributed by atoms with Crippen LogP contribution in [0.25, 0.3) is 0 Å². The number of carbonyl (C=O) groups excluding carboxylic acids is 1. The molecular weight excluding hydrogens is 411 g/mol. The van der Waals surface area contributed by atoms with Crippen molar-refractivity contribution in [3.05, 3.63) is 52.1 Å². The van der Waals surface area contributed by atoms with Crippen LogP contribution in [0.1, 0.15) is 35.9 Å². The maximum Gasteiger partial charge on any atom is 0.273 e. The van der Waals surface area contributed by atoms with Gasteiger partial charge in [0, 0.05) is 35.0 Å². The lowest BCUT2D eigenvalue weighted by Gasteiger charge is -2.28. The van der Waals surface area contributed by atoms with E-state index in [-0.39, 0.29) is 11.2 Å². The second-order valence-corrected chi connectivity index (χ2v) is 8.88. The number of hydrogen-bond acceptors (Lipinski definition) is 4. The first-order chi connectivity index (χ1) is 12.8. The molecule has 0 bridgehead atoms. The van der Waals surface area contributed by atoms with Gasteiger partial charge in [0.25, 0.3) is 5.91 Å². The summed E-state index contributed by atoms with van der Waals surface area (Å²) in [4.78, 5) is 23.4. The zero-order valence-corrected chi connectivity index (χ0v) is 17.0. The average molecular weight is 433 g/mol. The third-order valence-electron chi connectivity index (χ3n) is 5.65. The molecule has 2 aromatic rings. The molecular formula is C20H22BrFN4O. The lowest BCUT2D eigenvalue weighted by Crippen LogP contribution is -2.45. The Morgan fingerprint density at radius 1 is 1.26 bits per heavy atom. The SMILES string of the molecule is Cc1ccc(F)c(C(=O)NC2(C)CC3CN(c4ccc(Br)cn4)CC3C2)n1. The Kier molecular flexibility index (Phi) is 4.66. The number of anilines is 1. The van der Waals surface area contributed by atoms with E-state index < -0.39 is 11.7 Å². The smallest absolute Gasteiger partial charge is 0.273 e. The number of halogens is 2. The third-order valence-corrected chi connectivity index (χ3v) is 6.12. The standard InChI is InChI=1S/C20H22BrFN4O/c1-12-3-5-16(22)18(24-12)19(27)25-20(2)7-13-10-26(11-14(13)8-20)17-6-4-15(21)9-23-17/h3-6,9,13-14H,7-8,10-11H2,1-2H3,(H,25,27). The maximum atomic E-state index is 14.0. The highest BCUT2D eigenvalue weighted by Crippen LogP contribution is 2.44. The summed E-state index contributed by atoms with van der Waals surface area (Å²) in [7, 11) is 0. The zero-order chi connectivity index (χ0) is 19.2. The fourth-order valence-electron chi connectivity index (χ4n) is 4.52. The van der Waals surface area contributed by atoms with Crippen molar-refractivity contribution in [1.29, 1.82) is 0 Å². The number of amides is 1. The minimum atomic E-state index is -0.577. The quantitative estimate of drug-likeness (QED) is 0.802. The fraction of sp³-hybridized carbons (Fsp3) is 0.450. The number of carbonyl (C=O) groups is 1. The molecule has 27 heavy (non-hydrogen) atoms. The number of aromatic nitrogens is 2. The van der Waals surface area contributed by atoms with E-state index in [0.29, 0.717) is 17.5 Å². The van der Waals surface area contributed by atoms with Crippen LogP contribution < -0.4 is 10.2 Å². The maximum absolute atomic E-state index is 14.0. The van der Waals surface area contributed by atoms with Gasteiger partial charge in [-0.05, 0) is 78.7 Å². The molecule has 2 aliphatic rings. The first-order valence-electron chi connectivity index (χ1n) is 9.15. The normalized spacial score (nSPS) is 26.9. The van der Waals surface area contributed by atoms with Crippen LogP contribution in [0, 0.1) is 24.6 Å². The molecule has 2 aromatic heterocycles. The lowest BCUT2D eigenvalue weighted by atomic mass is 9.97. The number of pyridine rings is 2. The number of fused-ring (bicyclic) bond motifs is 1. The topological polar surface area (TPSA) is 58.1 Å². The molecule has 7 heteroatoms. The number of aryl methyl sites for hydroxylation is 1. The van der Waals surface area contributed by atoms with Crippen molar-refractivity contribution in [2.75, 3.05) is 18.0 Å². The molecule has 142 valence electrons. The van der Waals surface area contributed by atoms with Gasteiger partial charge >= 0.3 is 0 Å². The van der Waals surface area contributed by atoms with Gasteiger partial charge in [-0.25, -0.2) is 14.4 Å². The van der Waals surface area contributed by atoms with Gasteiger partial charge in [0.15, 0.2) is 11.5 Å². The van der Waals surface area contributed by atoms with Crippen molar-refractivity contribution in [3.63, 3.8) is 0 Å². The lowest BCUT2D eigenvalue weighted by molar-refractivity contribution is 0.0895. The van der Waals surface area contributed by atoms with Gasteiger partial charge in [0.1, 0.15) is 5.82 Å². The minimum absolute atomic E-state index is 0.117. The summed E-state index contributed by atoms with van der Waals surface area (Å²) in [6, 6.07) is 6.90. The highest BCUT2D eigenvalue weighted by molar-refractivity contribution is 9.10. The van der Waals surface area contributed by atoms with E-state index in [1.807, 2.05) is 18.3 Å². The Morgan fingerprint density at radius 2 is 1.96 bits per heavy atom. The molecule has 0 radical (unpaired) electrons. The van der Waals surface area contributed by atoms with Gasteiger partial charge in [0.2, 0.25) is 0 Å². The van der Waals surface area contributed by atoms with E-state index in [2.05, 4.69) is 43.0 Å². The van der Waals surface area contributed by atoms with Gasteiger partial charge < -0.3 is 10.2 Å². The molecule has 3 heterocycles. The largest absolute Gasteiger partial charge is 0.356 e. The van der Waals surface area contributed by atoms with Crippen LogP contribution in [0.3, 0.4) is 0 Å². The highest BCUT2D eigenvalue weighted by Gasteiger charge is 2.47. The summed E-state index contributed by atoms with van der Waals surface area (Å²) in [5.74, 6) is 0.981. The van der Waals surface area contributed by atoms with Crippen molar-refractivity contribution in [2.45, 2.75) is 32.2 Å². The molecule has 1 aliphatic carbocycles. The van der Waals surface area contributed by atoms with E-state index >= 15 is 0 Å². The molecule has 4 rings (SSSR count). The second-order valence-electron chi connectivity index (χ2n) is 7.97. The van der Waals surface area contributed by atoms with Crippen molar-refractivity contribution < 1.29 is 9.18 Å². The summed E-state index contributed by atoms with van der Waals surface area (Å²) in [6.45, 7) is 5.67. The highest BCUT2D eigenvalue weighted by atomic mass is 79.9. The molecule has 1 saturated carbocycles. The van der Waals surface area contributed by atoms with Crippen LogP contribution in [-0.4, -0.2) is 34.5 Å². The molecule has 1 aliphatic heterocycles. The van der Waals surface area contributed by atoms with Crippen molar-refractivity contribution in [1.82, 2.24) is 15.3 Å². The van der Waals surface area contributed by atoms with E-state index in [4.69, 9.17) is 0 Å². The minimum Gasteiger partial charge on any atom is -0.356 e. The Hall–Kier alpha value is -2.02. The summed E-state index contributed by atoms with van der Waals surface area (Å²) >= 11 is 3.42. The number of rotatable bonds is 3. The van der Waals surface area contributed by atoms with Crippen molar-refractivity contribution >= 4 is 27.7 Å². The monoisotopic (exact) mass is 432 g/mol. The molecule has 5 nitrogen and oxygen atoms in total. The first kappa shape index (κ1) is 18.3. The van der Waals surface area contributed by atoms with E-state index in [0.717, 1.165) is 36.2 Å². The van der Waals surface area contributed by atoms with Gasteiger partial charge in [-0.2, -0.15) is 0 Å². The van der Waals surface area contributed by atoms with Crippen molar-refractivity contribution in [3.8, 4) is 0 Å². The third kappa shape index (κ3) is 3.70. The zero-order valence-electron chi connectivity index (χ0n) is 15.4. The van der Waals surface area contributed by atoms with Gasteiger partial charge in [-0.1, -0.05) is 0 Å². The van der Waals surface area contributed by atoms with Crippen LogP contribution in [0.15, 0.2) is 34.9 Å². The summed E-state index contributed by atoms with van der Waals surface area (Å²) < 4.78 is 14.9. The summed E-state index contributed by atoms with van der Waals surface area (Å²) in [5.41, 5.74) is 0.186. The van der Waals surface area contributed by atoms with Crippen LogP contribution in [0.4, 0.5) is 10.2 Å². The molecule has 2 fully saturated rings. The average Bonchev–Trinajstić information content (AvgIpc) is 3.12. The number of nitrogens with one attached hydrogen (secondary N) is 1. The van der Waals surface area contributed by atoms with Crippen LogP contribution in [0.2, 0.25) is 0 Å². The van der Waals surface area contributed by atoms with E-state index in [1.54, 1.807) is 13.0 Å². The summed E-state index contributed by atoms with van der Waals surface area (Å²) in [5, 5.41) is 3.05. The van der Waals surface area contributed by atoms with E-state index in [9.17, 15) is 9.18 Å². The Balaban J connectivity index is 1.42. The molecule has 2 atom stereocenters. The Morgan fingerprint density at radius 3 is 2.59 bits per heavy atom. The van der Waals surface area contributed by atoms with Crippen LogP contribution >= 0.6 is 15.9 Å². The fourth-order valence-corrected chi connectivity index (χ4v) is 4.75.